The largest absolute Gasteiger partial charge is 0.495 e. The summed E-state index contributed by atoms with van der Waals surface area (Å²) < 4.78 is 10.6. The SMILES string of the molecule is CCCCOCC1CC(=O)C=CO1. The molecule has 1 heterocycles. The Morgan fingerprint density at radius 1 is 1.69 bits per heavy atom. The molecule has 1 aliphatic heterocycles. The first kappa shape index (κ1) is 10.3. The summed E-state index contributed by atoms with van der Waals surface area (Å²) in [5.41, 5.74) is 0. The Morgan fingerprint density at radius 2 is 2.54 bits per heavy atom. The lowest BCUT2D eigenvalue weighted by molar-refractivity contribution is -0.119. The highest BCUT2D eigenvalue weighted by atomic mass is 16.5. The van der Waals surface area contributed by atoms with Gasteiger partial charge in [0.1, 0.15) is 6.10 Å². The molecule has 3 heteroatoms. The van der Waals surface area contributed by atoms with Crippen molar-refractivity contribution < 1.29 is 14.3 Å². The van der Waals surface area contributed by atoms with Crippen molar-refractivity contribution in [3.8, 4) is 0 Å². The number of ether oxygens (including phenoxy) is 2. The van der Waals surface area contributed by atoms with Gasteiger partial charge in [0.25, 0.3) is 0 Å². The minimum Gasteiger partial charge on any atom is -0.495 e. The predicted octanol–water partition coefficient (Wildman–Crippen LogP) is 1.67. The molecule has 0 saturated heterocycles. The molecule has 0 aromatic heterocycles. The lowest BCUT2D eigenvalue weighted by Crippen LogP contribution is -2.24. The zero-order valence-electron chi connectivity index (χ0n) is 7.99. The van der Waals surface area contributed by atoms with Crippen molar-refractivity contribution >= 4 is 5.78 Å². The summed E-state index contributed by atoms with van der Waals surface area (Å²) in [5, 5.41) is 0. The minimum absolute atomic E-state index is 0.0747. The van der Waals surface area contributed by atoms with Crippen LogP contribution in [0.25, 0.3) is 0 Å². The molecule has 74 valence electrons. The van der Waals surface area contributed by atoms with Gasteiger partial charge in [0.15, 0.2) is 5.78 Å². The Labute approximate surface area is 78.7 Å². The monoisotopic (exact) mass is 184 g/mol. The Morgan fingerprint density at radius 3 is 3.23 bits per heavy atom. The van der Waals surface area contributed by atoms with E-state index >= 15 is 0 Å². The second kappa shape index (κ2) is 5.75. The standard InChI is InChI=1S/C10H16O3/c1-2-3-5-12-8-10-7-9(11)4-6-13-10/h4,6,10H,2-3,5,7-8H2,1H3. The topological polar surface area (TPSA) is 35.5 Å². The lowest BCUT2D eigenvalue weighted by atomic mass is 10.1. The summed E-state index contributed by atoms with van der Waals surface area (Å²) >= 11 is 0. The average molecular weight is 184 g/mol. The summed E-state index contributed by atoms with van der Waals surface area (Å²) in [6.07, 6.45) is 5.49. The average Bonchev–Trinajstić information content (AvgIpc) is 2.13. The molecule has 1 unspecified atom stereocenters. The van der Waals surface area contributed by atoms with Crippen LogP contribution in [0.3, 0.4) is 0 Å². The Hall–Kier alpha value is -0.830. The van der Waals surface area contributed by atoms with Crippen LogP contribution in [0.15, 0.2) is 12.3 Å². The smallest absolute Gasteiger partial charge is 0.162 e. The molecule has 0 aromatic rings. The number of hydrogen-bond acceptors (Lipinski definition) is 3. The van der Waals surface area contributed by atoms with Crippen molar-refractivity contribution in [1.82, 2.24) is 0 Å². The zero-order valence-corrected chi connectivity index (χ0v) is 7.99. The molecule has 1 atom stereocenters. The number of carbonyl (C=O) groups is 1. The van der Waals surface area contributed by atoms with Gasteiger partial charge in [0.05, 0.1) is 12.9 Å². The van der Waals surface area contributed by atoms with E-state index in [9.17, 15) is 4.79 Å². The quantitative estimate of drug-likeness (QED) is 0.610. The van der Waals surface area contributed by atoms with E-state index in [0.717, 1.165) is 19.4 Å². The summed E-state index contributed by atoms with van der Waals surface area (Å²) in [6, 6.07) is 0. The molecule has 0 aromatic carbocycles. The second-order valence-corrected chi connectivity index (χ2v) is 3.16. The van der Waals surface area contributed by atoms with E-state index in [1.165, 1.54) is 12.3 Å². The molecular weight excluding hydrogens is 168 g/mol. The van der Waals surface area contributed by atoms with Gasteiger partial charge >= 0.3 is 0 Å². The van der Waals surface area contributed by atoms with Gasteiger partial charge < -0.3 is 9.47 Å². The molecule has 13 heavy (non-hydrogen) atoms. The van der Waals surface area contributed by atoms with Crippen molar-refractivity contribution in [3.05, 3.63) is 12.3 Å². The van der Waals surface area contributed by atoms with E-state index in [2.05, 4.69) is 6.92 Å². The molecule has 0 bridgehead atoms. The zero-order chi connectivity index (χ0) is 9.52. The van der Waals surface area contributed by atoms with Gasteiger partial charge in [-0.05, 0) is 6.42 Å². The van der Waals surface area contributed by atoms with Crippen molar-refractivity contribution in [2.75, 3.05) is 13.2 Å². The highest BCUT2D eigenvalue weighted by Crippen LogP contribution is 2.07. The molecule has 0 fully saturated rings. The van der Waals surface area contributed by atoms with Crippen LogP contribution in [0.2, 0.25) is 0 Å². The third kappa shape index (κ3) is 4.08. The lowest BCUT2D eigenvalue weighted by Gasteiger charge is -2.18. The first-order valence-electron chi connectivity index (χ1n) is 4.75. The highest BCUT2D eigenvalue weighted by molar-refractivity contribution is 5.90. The number of hydrogen-bond donors (Lipinski definition) is 0. The molecule has 1 aliphatic rings. The first-order valence-corrected chi connectivity index (χ1v) is 4.75. The molecule has 0 radical (unpaired) electrons. The van der Waals surface area contributed by atoms with Gasteiger partial charge in [-0.15, -0.1) is 0 Å². The van der Waals surface area contributed by atoms with E-state index in [4.69, 9.17) is 9.47 Å². The number of carbonyl (C=O) groups excluding carboxylic acids is 1. The molecule has 0 amide bonds. The fraction of sp³-hybridized carbons (Fsp3) is 0.700. The molecule has 0 spiro atoms. The molecule has 3 nitrogen and oxygen atoms in total. The van der Waals surface area contributed by atoms with Gasteiger partial charge in [-0.25, -0.2) is 0 Å². The van der Waals surface area contributed by atoms with Crippen molar-refractivity contribution in [3.63, 3.8) is 0 Å². The predicted molar refractivity (Wildman–Crippen MR) is 49.4 cm³/mol. The summed E-state index contributed by atoms with van der Waals surface area (Å²) in [5.74, 6) is 0.121. The molecule has 0 aliphatic carbocycles. The van der Waals surface area contributed by atoms with Gasteiger partial charge in [-0.1, -0.05) is 13.3 Å². The van der Waals surface area contributed by atoms with Crippen LogP contribution in [-0.4, -0.2) is 25.1 Å². The molecule has 0 saturated carbocycles. The number of allylic oxidation sites excluding steroid dienone is 1. The van der Waals surface area contributed by atoms with Crippen molar-refractivity contribution in [2.45, 2.75) is 32.3 Å². The van der Waals surface area contributed by atoms with Crippen molar-refractivity contribution in [1.29, 1.82) is 0 Å². The maximum absolute atomic E-state index is 10.9. The van der Waals surface area contributed by atoms with Crippen LogP contribution in [0, 0.1) is 0 Å². The fourth-order valence-electron chi connectivity index (χ4n) is 1.13. The summed E-state index contributed by atoms with van der Waals surface area (Å²) in [7, 11) is 0. The normalized spacial score (nSPS) is 21.6. The van der Waals surface area contributed by atoms with Crippen LogP contribution < -0.4 is 0 Å². The van der Waals surface area contributed by atoms with Crippen LogP contribution in [0.5, 0.6) is 0 Å². The third-order valence-electron chi connectivity index (χ3n) is 1.90. The minimum atomic E-state index is -0.0747. The van der Waals surface area contributed by atoms with Gasteiger partial charge in [0, 0.05) is 19.1 Å². The molecule has 1 rings (SSSR count). The fourth-order valence-corrected chi connectivity index (χ4v) is 1.13. The first-order chi connectivity index (χ1) is 6.33. The third-order valence-corrected chi connectivity index (χ3v) is 1.90. The van der Waals surface area contributed by atoms with E-state index in [-0.39, 0.29) is 11.9 Å². The summed E-state index contributed by atoms with van der Waals surface area (Å²) in [4.78, 5) is 10.9. The van der Waals surface area contributed by atoms with Gasteiger partial charge in [-0.3, -0.25) is 4.79 Å². The number of rotatable bonds is 5. The maximum atomic E-state index is 10.9. The van der Waals surface area contributed by atoms with Crippen LogP contribution >= 0.6 is 0 Å². The Balaban J connectivity index is 2.08. The Kier molecular flexibility index (Phi) is 4.54. The van der Waals surface area contributed by atoms with Gasteiger partial charge in [-0.2, -0.15) is 0 Å². The number of unbranched alkanes of at least 4 members (excludes halogenated alkanes) is 1. The van der Waals surface area contributed by atoms with Crippen LogP contribution in [0.1, 0.15) is 26.2 Å². The molecular formula is C10H16O3. The highest BCUT2D eigenvalue weighted by Gasteiger charge is 2.16. The molecule has 0 N–H and O–H groups in total. The van der Waals surface area contributed by atoms with E-state index < -0.39 is 0 Å². The van der Waals surface area contributed by atoms with E-state index in [1.54, 1.807) is 0 Å². The van der Waals surface area contributed by atoms with Crippen LogP contribution in [0.4, 0.5) is 0 Å². The van der Waals surface area contributed by atoms with Gasteiger partial charge in [0.2, 0.25) is 0 Å². The Bertz CT molecular complexity index is 187. The second-order valence-electron chi connectivity index (χ2n) is 3.16. The van der Waals surface area contributed by atoms with Crippen LogP contribution in [-0.2, 0) is 14.3 Å². The van der Waals surface area contributed by atoms with E-state index in [1.807, 2.05) is 0 Å². The van der Waals surface area contributed by atoms with E-state index in [0.29, 0.717) is 13.0 Å². The van der Waals surface area contributed by atoms with Crippen molar-refractivity contribution in [2.24, 2.45) is 0 Å². The maximum Gasteiger partial charge on any atom is 0.162 e. The number of ketones is 1. The summed E-state index contributed by atoms with van der Waals surface area (Å²) in [6.45, 7) is 3.40.